The number of hydrogen-bond acceptors (Lipinski definition) is 0. The Bertz CT molecular complexity index is 61.6. The molecule has 0 fully saturated rings. The van der Waals surface area contributed by atoms with Crippen molar-refractivity contribution in [1.29, 1.82) is 0 Å². The first-order valence-corrected chi connectivity index (χ1v) is 4.94. The van der Waals surface area contributed by atoms with Crippen LogP contribution in [-0.2, 0) is 0 Å². The van der Waals surface area contributed by atoms with Crippen molar-refractivity contribution >= 4 is 22.6 Å². The van der Waals surface area contributed by atoms with E-state index in [9.17, 15) is 0 Å². The van der Waals surface area contributed by atoms with Crippen LogP contribution in [0.5, 0.6) is 0 Å². The summed E-state index contributed by atoms with van der Waals surface area (Å²) in [5.41, 5.74) is 0. The molecule has 0 aliphatic rings. The molecule has 0 saturated heterocycles. The molecule has 1 heteroatoms. The number of hydrogen-bond donors (Lipinski definition) is 0. The summed E-state index contributed by atoms with van der Waals surface area (Å²) < 4.78 is 0.836. The van der Waals surface area contributed by atoms with Gasteiger partial charge in [0.1, 0.15) is 0 Å². The predicted molar refractivity (Wildman–Crippen MR) is 51.9 cm³/mol. The molecule has 0 rings (SSSR count). The summed E-state index contributed by atoms with van der Waals surface area (Å²) in [5.74, 6) is 0.792. The van der Waals surface area contributed by atoms with Crippen molar-refractivity contribution in [3.8, 4) is 0 Å². The smallest absolute Gasteiger partial charge is 0.0135 e. The summed E-state index contributed by atoms with van der Waals surface area (Å²) in [4.78, 5) is 0. The Balaban J connectivity index is 3.32. The van der Waals surface area contributed by atoms with Crippen LogP contribution < -0.4 is 0 Å². The second-order valence-electron chi connectivity index (χ2n) is 2.43. The maximum atomic E-state index is 2.52. The molecule has 2 unspecified atom stereocenters. The van der Waals surface area contributed by atoms with Gasteiger partial charge in [0, 0.05) is 3.92 Å². The van der Waals surface area contributed by atoms with Gasteiger partial charge in [0.05, 0.1) is 0 Å². The molecule has 0 aliphatic heterocycles. The van der Waals surface area contributed by atoms with Gasteiger partial charge in [0.2, 0.25) is 0 Å². The molecule has 0 aromatic carbocycles. The van der Waals surface area contributed by atoms with E-state index in [1.54, 1.807) is 0 Å². The van der Waals surface area contributed by atoms with Gasteiger partial charge in [-0.2, -0.15) is 0 Å². The van der Waals surface area contributed by atoms with E-state index in [4.69, 9.17) is 0 Å². The van der Waals surface area contributed by atoms with E-state index >= 15 is 0 Å². The highest BCUT2D eigenvalue weighted by atomic mass is 127. The summed E-state index contributed by atoms with van der Waals surface area (Å²) in [6.07, 6.45) is 4.89. The highest BCUT2D eigenvalue weighted by molar-refractivity contribution is 14.1. The van der Waals surface area contributed by atoms with Gasteiger partial charge >= 0.3 is 0 Å². The zero-order valence-electron chi connectivity index (χ0n) is 6.52. The third kappa shape index (κ3) is 4.18. The molecular formula is C8H16I. The molecule has 1 radical (unpaired) electrons. The molecule has 0 nitrogen and oxygen atoms in total. The summed E-state index contributed by atoms with van der Waals surface area (Å²) in [6.45, 7) is 6.75. The summed E-state index contributed by atoms with van der Waals surface area (Å²) >= 11 is 2.52. The first kappa shape index (κ1) is 9.73. The van der Waals surface area contributed by atoms with E-state index in [2.05, 4.69) is 49.8 Å². The topological polar surface area (TPSA) is 0 Å². The van der Waals surface area contributed by atoms with Crippen LogP contribution in [0.2, 0.25) is 0 Å². The second-order valence-corrected chi connectivity index (χ2v) is 4.03. The molecule has 0 aromatic rings. The number of alkyl halides is 1. The second kappa shape index (κ2) is 5.51. The molecule has 0 spiro atoms. The molecule has 2 atom stereocenters. The Morgan fingerprint density at radius 1 is 1.44 bits per heavy atom. The minimum absolute atomic E-state index is 0.792. The van der Waals surface area contributed by atoms with Crippen LogP contribution in [0.1, 0.15) is 33.6 Å². The molecule has 9 heavy (non-hydrogen) atoms. The van der Waals surface area contributed by atoms with E-state index < -0.39 is 0 Å². The third-order valence-electron chi connectivity index (χ3n) is 1.57. The van der Waals surface area contributed by atoms with E-state index in [1.807, 2.05) is 0 Å². The lowest BCUT2D eigenvalue weighted by Crippen LogP contribution is -2.09. The third-order valence-corrected chi connectivity index (χ3v) is 3.58. The van der Waals surface area contributed by atoms with Crippen LogP contribution in [0.25, 0.3) is 0 Å². The summed E-state index contributed by atoms with van der Waals surface area (Å²) in [5, 5.41) is 0. The average molecular weight is 239 g/mol. The first-order chi connectivity index (χ1) is 4.22. The SMILES string of the molecule is CC[CH]C(C)C(I)CC. The lowest BCUT2D eigenvalue weighted by atomic mass is 10.0. The van der Waals surface area contributed by atoms with Crippen LogP contribution in [0.4, 0.5) is 0 Å². The molecule has 0 bridgehead atoms. The quantitative estimate of drug-likeness (QED) is 0.520. The van der Waals surface area contributed by atoms with E-state index in [0.717, 1.165) is 9.84 Å². The van der Waals surface area contributed by atoms with Gasteiger partial charge in [0.25, 0.3) is 0 Å². The van der Waals surface area contributed by atoms with Crippen molar-refractivity contribution in [2.75, 3.05) is 0 Å². The van der Waals surface area contributed by atoms with Gasteiger partial charge in [-0.25, -0.2) is 0 Å². The van der Waals surface area contributed by atoms with Gasteiger partial charge in [-0.15, -0.1) is 0 Å². The van der Waals surface area contributed by atoms with Crippen molar-refractivity contribution in [2.24, 2.45) is 5.92 Å². The van der Waals surface area contributed by atoms with Crippen molar-refractivity contribution in [2.45, 2.75) is 37.5 Å². The average Bonchev–Trinajstić information content (AvgIpc) is 1.87. The first-order valence-electron chi connectivity index (χ1n) is 3.69. The van der Waals surface area contributed by atoms with Gasteiger partial charge < -0.3 is 0 Å². The monoisotopic (exact) mass is 239 g/mol. The zero-order chi connectivity index (χ0) is 7.28. The van der Waals surface area contributed by atoms with Crippen LogP contribution in [-0.4, -0.2) is 3.92 Å². The van der Waals surface area contributed by atoms with Gasteiger partial charge in [-0.3, -0.25) is 0 Å². The molecule has 0 heterocycles. The largest absolute Gasteiger partial charge is 0.0823 e. The zero-order valence-corrected chi connectivity index (χ0v) is 8.68. The molecular weight excluding hydrogens is 223 g/mol. The fourth-order valence-corrected chi connectivity index (χ4v) is 1.18. The summed E-state index contributed by atoms with van der Waals surface area (Å²) in [6, 6.07) is 0. The Kier molecular flexibility index (Phi) is 5.96. The maximum absolute atomic E-state index is 2.52. The van der Waals surface area contributed by atoms with E-state index in [0.29, 0.717) is 0 Å². The molecule has 0 saturated carbocycles. The number of rotatable bonds is 4. The minimum atomic E-state index is 0.792. The highest BCUT2D eigenvalue weighted by Gasteiger charge is 2.09. The fourth-order valence-electron chi connectivity index (χ4n) is 0.891. The van der Waals surface area contributed by atoms with Crippen LogP contribution >= 0.6 is 22.6 Å². The van der Waals surface area contributed by atoms with E-state index in [-0.39, 0.29) is 0 Å². The van der Waals surface area contributed by atoms with Crippen molar-refractivity contribution in [3.63, 3.8) is 0 Å². The Hall–Kier alpha value is 0.730. The van der Waals surface area contributed by atoms with Gasteiger partial charge in [0.15, 0.2) is 0 Å². The number of halogens is 1. The Morgan fingerprint density at radius 3 is 2.33 bits per heavy atom. The minimum Gasteiger partial charge on any atom is -0.0823 e. The van der Waals surface area contributed by atoms with Crippen molar-refractivity contribution in [1.82, 2.24) is 0 Å². The van der Waals surface area contributed by atoms with Crippen LogP contribution in [0, 0.1) is 12.3 Å². The normalized spacial score (nSPS) is 17.3. The maximum Gasteiger partial charge on any atom is 0.0135 e. The Morgan fingerprint density at radius 2 is 2.00 bits per heavy atom. The molecule has 55 valence electrons. The Labute approximate surface area is 72.6 Å². The molecule has 0 aromatic heterocycles. The summed E-state index contributed by atoms with van der Waals surface area (Å²) in [7, 11) is 0. The predicted octanol–water partition coefficient (Wildman–Crippen LogP) is 3.45. The standard InChI is InChI=1S/C8H16I/c1-4-6-7(3)8(9)5-2/h6-8H,4-5H2,1-3H3. The van der Waals surface area contributed by atoms with Crippen LogP contribution in [0.3, 0.4) is 0 Å². The molecule has 0 N–H and O–H groups in total. The molecule has 0 amide bonds. The van der Waals surface area contributed by atoms with E-state index in [1.165, 1.54) is 12.8 Å². The van der Waals surface area contributed by atoms with Gasteiger partial charge in [-0.05, 0) is 18.8 Å². The lowest BCUT2D eigenvalue weighted by molar-refractivity contribution is 0.614. The van der Waals surface area contributed by atoms with Crippen molar-refractivity contribution < 1.29 is 0 Å². The molecule has 0 aliphatic carbocycles. The highest BCUT2D eigenvalue weighted by Crippen LogP contribution is 2.19. The van der Waals surface area contributed by atoms with Crippen LogP contribution in [0.15, 0.2) is 0 Å². The van der Waals surface area contributed by atoms with Gasteiger partial charge in [-0.1, -0.05) is 49.8 Å². The van der Waals surface area contributed by atoms with Crippen molar-refractivity contribution in [3.05, 3.63) is 6.42 Å². The fraction of sp³-hybridized carbons (Fsp3) is 0.875. The lowest BCUT2D eigenvalue weighted by Gasteiger charge is -2.14.